The highest BCUT2D eigenvalue weighted by atomic mass is 79.9. The van der Waals surface area contributed by atoms with Gasteiger partial charge in [0.15, 0.2) is 0 Å². The third kappa shape index (κ3) is 4.15. The quantitative estimate of drug-likeness (QED) is 0.670. The Bertz CT molecular complexity index is 668. The first-order chi connectivity index (χ1) is 11.1. The van der Waals surface area contributed by atoms with Crippen LogP contribution in [0.4, 0.5) is 10.5 Å². The van der Waals surface area contributed by atoms with Crippen molar-refractivity contribution in [3.8, 4) is 0 Å². The lowest BCUT2D eigenvalue weighted by atomic mass is 10.1. The number of likely N-dealkylation sites (tertiary alicyclic amines) is 1. The number of hydrogen-bond donors (Lipinski definition) is 1. The fourth-order valence-corrected chi connectivity index (χ4v) is 4.30. The molecule has 122 valence electrons. The molecule has 3 nitrogen and oxygen atoms in total. The number of benzene rings is 1. The van der Waals surface area contributed by atoms with Crippen LogP contribution in [0.1, 0.15) is 41.5 Å². The Morgan fingerprint density at radius 2 is 1.96 bits per heavy atom. The lowest BCUT2D eigenvalue weighted by Gasteiger charge is -2.29. The molecule has 0 bridgehead atoms. The standard InChI is InChI=1S/C18H21BrN2OS/c1-13-6-11-17(23-13)16-5-3-2-4-12-21(16)18(22)20-15-9-7-14(19)8-10-15/h6-11,16H,2-5,12H2,1H3,(H,20,22)/t16-/m0/s1. The molecule has 2 amide bonds. The van der Waals surface area contributed by atoms with Gasteiger partial charge in [-0.15, -0.1) is 11.3 Å². The second-order valence-electron chi connectivity index (χ2n) is 5.94. The molecule has 1 saturated heterocycles. The summed E-state index contributed by atoms with van der Waals surface area (Å²) in [6.45, 7) is 2.95. The molecule has 2 heterocycles. The molecule has 0 saturated carbocycles. The summed E-state index contributed by atoms with van der Waals surface area (Å²) in [6.07, 6.45) is 4.51. The zero-order valence-electron chi connectivity index (χ0n) is 13.2. The van der Waals surface area contributed by atoms with Crippen LogP contribution in [0.25, 0.3) is 0 Å². The summed E-state index contributed by atoms with van der Waals surface area (Å²) in [5.74, 6) is 0. The van der Waals surface area contributed by atoms with Crippen LogP contribution in [-0.4, -0.2) is 17.5 Å². The smallest absolute Gasteiger partial charge is 0.317 e. The van der Waals surface area contributed by atoms with Crippen molar-refractivity contribution < 1.29 is 4.79 Å². The molecule has 3 rings (SSSR count). The van der Waals surface area contributed by atoms with Crippen molar-refractivity contribution in [2.24, 2.45) is 0 Å². The molecule has 1 aromatic heterocycles. The molecule has 5 heteroatoms. The van der Waals surface area contributed by atoms with Gasteiger partial charge < -0.3 is 10.2 Å². The van der Waals surface area contributed by atoms with E-state index in [1.165, 1.54) is 22.6 Å². The van der Waals surface area contributed by atoms with Gasteiger partial charge in [0.05, 0.1) is 6.04 Å². The molecular formula is C18H21BrN2OS. The number of nitrogens with zero attached hydrogens (tertiary/aromatic N) is 1. The maximum atomic E-state index is 12.8. The van der Waals surface area contributed by atoms with Crippen LogP contribution in [0.3, 0.4) is 0 Å². The zero-order valence-corrected chi connectivity index (χ0v) is 15.6. The van der Waals surface area contributed by atoms with Gasteiger partial charge in [-0.3, -0.25) is 0 Å². The Kier molecular flexibility index (Phi) is 5.38. The van der Waals surface area contributed by atoms with Crippen molar-refractivity contribution in [3.63, 3.8) is 0 Å². The van der Waals surface area contributed by atoms with Crippen LogP contribution in [0.15, 0.2) is 40.9 Å². The van der Waals surface area contributed by atoms with Gasteiger partial charge in [0, 0.05) is 26.5 Å². The van der Waals surface area contributed by atoms with E-state index in [1.807, 2.05) is 29.2 Å². The number of hydrogen-bond acceptors (Lipinski definition) is 2. The van der Waals surface area contributed by atoms with E-state index in [-0.39, 0.29) is 12.1 Å². The topological polar surface area (TPSA) is 32.3 Å². The van der Waals surface area contributed by atoms with E-state index in [9.17, 15) is 4.79 Å². The first kappa shape index (κ1) is 16.5. The number of thiophene rings is 1. The van der Waals surface area contributed by atoms with Crippen molar-refractivity contribution in [1.82, 2.24) is 4.90 Å². The molecule has 1 aliphatic rings. The highest BCUT2D eigenvalue weighted by Crippen LogP contribution is 2.34. The molecule has 0 radical (unpaired) electrons. The first-order valence-corrected chi connectivity index (χ1v) is 9.64. The highest BCUT2D eigenvalue weighted by Gasteiger charge is 2.27. The van der Waals surface area contributed by atoms with Gasteiger partial charge in [0.2, 0.25) is 0 Å². The Hall–Kier alpha value is -1.33. The molecule has 1 N–H and O–H groups in total. The molecule has 23 heavy (non-hydrogen) atoms. The first-order valence-electron chi connectivity index (χ1n) is 8.03. The lowest BCUT2D eigenvalue weighted by Crippen LogP contribution is -2.37. The number of anilines is 1. The van der Waals surface area contributed by atoms with Gasteiger partial charge in [-0.1, -0.05) is 28.8 Å². The van der Waals surface area contributed by atoms with Crippen LogP contribution in [-0.2, 0) is 0 Å². The van der Waals surface area contributed by atoms with Crippen molar-refractivity contribution in [3.05, 3.63) is 50.6 Å². The van der Waals surface area contributed by atoms with E-state index in [1.54, 1.807) is 11.3 Å². The van der Waals surface area contributed by atoms with E-state index in [0.29, 0.717) is 0 Å². The van der Waals surface area contributed by atoms with E-state index >= 15 is 0 Å². The van der Waals surface area contributed by atoms with Crippen LogP contribution in [0.5, 0.6) is 0 Å². The number of rotatable bonds is 2. The summed E-state index contributed by atoms with van der Waals surface area (Å²) in [4.78, 5) is 17.4. The molecule has 0 unspecified atom stereocenters. The third-order valence-corrected chi connectivity index (χ3v) is 5.83. The minimum absolute atomic E-state index is 0.00488. The predicted molar refractivity (Wildman–Crippen MR) is 100 cm³/mol. The average Bonchev–Trinajstić information content (AvgIpc) is 2.82. The summed E-state index contributed by atoms with van der Waals surface area (Å²) in [6, 6.07) is 12.3. The van der Waals surface area contributed by atoms with Gasteiger partial charge in [0.25, 0.3) is 0 Å². The van der Waals surface area contributed by atoms with Gasteiger partial charge in [-0.2, -0.15) is 0 Å². The second-order valence-corrected chi connectivity index (χ2v) is 8.18. The summed E-state index contributed by atoms with van der Waals surface area (Å²) in [5, 5.41) is 3.04. The maximum absolute atomic E-state index is 12.8. The van der Waals surface area contributed by atoms with Crippen LogP contribution in [0, 0.1) is 6.92 Å². The Labute approximate surface area is 149 Å². The number of aryl methyl sites for hydroxylation is 1. The SMILES string of the molecule is Cc1ccc([C@@H]2CCCCCN2C(=O)Nc2ccc(Br)cc2)s1. The highest BCUT2D eigenvalue weighted by molar-refractivity contribution is 9.10. The van der Waals surface area contributed by atoms with Crippen molar-refractivity contribution >= 4 is 39.0 Å². The fourth-order valence-electron chi connectivity index (χ4n) is 3.01. The maximum Gasteiger partial charge on any atom is 0.322 e. The Balaban J connectivity index is 1.78. The lowest BCUT2D eigenvalue weighted by molar-refractivity contribution is 0.190. The van der Waals surface area contributed by atoms with Gasteiger partial charge in [0.1, 0.15) is 0 Å². The summed E-state index contributed by atoms with van der Waals surface area (Å²) in [7, 11) is 0. The molecule has 1 aromatic carbocycles. The third-order valence-electron chi connectivity index (χ3n) is 4.20. The minimum Gasteiger partial charge on any atom is -0.317 e. The number of halogens is 1. The largest absolute Gasteiger partial charge is 0.322 e. The van der Waals surface area contributed by atoms with Crippen LogP contribution in [0.2, 0.25) is 0 Å². The van der Waals surface area contributed by atoms with E-state index < -0.39 is 0 Å². The number of carbonyl (C=O) groups excluding carboxylic acids is 1. The van der Waals surface area contributed by atoms with Crippen LogP contribution < -0.4 is 5.32 Å². The van der Waals surface area contributed by atoms with Gasteiger partial charge >= 0.3 is 6.03 Å². The van der Waals surface area contributed by atoms with E-state index in [2.05, 4.69) is 40.3 Å². The number of urea groups is 1. The fraction of sp³-hybridized carbons (Fsp3) is 0.389. The molecule has 2 aromatic rings. The molecule has 1 atom stereocenters. The minimum atomic E-state index is 0.00488. The molecule has 0 aliphatic carbocycles. The van der Waals surface area contributed by atoms with Crippen molar-refractivity contribution in [2.75, 3.05) is 11.9 Å². The van der Waals surface area contributed by atoms with Crippen molar-refractivity contribution in [2.45, 2.75) is 38.6 Å². The number of carbonyl (C=O) groups is 1. The monoisotopic (exact) mass is 392 g/mol. The van der Waals surface area contributed by atoms with E-state index in [4.69, 9.17) is 0 Å². The molecular weight excluding hydrogens is 372 g/mol. The Morgan fingerprint density at radius 1 is 1.17 bits per heavy atom. The summed E-state index contributed by atoms with van der Waals surface area (Å²) in [5.41, 5.74) is 0.837. The zero-order chi connectivity index (χ0) is 16.2. The normalized spacial score (nSPS) is 18.5. The van der Waals surface area contributed by atoms with Gasteiger partial charge in [-0.05, 0) is 56.2 Å². The second kappa shape index (κ2) is 7.49. The molecule has 1 fully saturated rings. The van der Waals surface area contributed by atoms with Crippen molar-refractivity contribution in [1.29, 1.82) is 0 Å². The number of amides is 2. The summed E-state index contributed by atoms with van der Waals surface area (Å²) >= 11 is 5.22. The van der Waals surface area contributed by atoms with E-state index in [0.717, 1.165) is 29.5 Å². The summed E-state index contributed by atoms with van der Waals surface area (Å²) < 4.78 is 1.01. The average molecular weight is 393 g/mol. The molecule has 0 spiro atoms. The van der Waals surface area contributed by atoms with Gasteiger partial charge in [-0.25, -0.2) is 4.79 Å². The van der Waals surface area contributed by atoms with Crippen LogP contribution >= 0.6 is 27.3 Å². The molecule has 1 aliphatic heterocycles. The number of nitrogens with one attached hydrogen (secondary N) is 1. The Morgan fingerprint density at radius 3 is 2.65 bits per heavy atom. The predicted octanol–water partition coefficient (Wildman–Crippen LogP) is 5.97.